The van der Waals surface area contributed by atoms with Crippen LogP contribution in [0.15, 0.2) is 53.6 Å². The van der Waals surface area contributed by atoms with Gasteiger partial charge in [-0.25, -0.2) is 5.43 Å². The van der Waals surface area contributed by atoms with E-state index in [2.05, 4.69) is 15.8 Å². The summed E-state index contributed by atoms with van der Waals surface area (Å²) in [5, 5.41) is 6.61. The highest BCUT2D eigenvalue weighted by molar-refractivity contribution is 5.93. The maximum absolute atomic E-state index is 11.9. The van der Waals surface area contributed by atoms with E-state index in [1.165, 1.54) is 6.21 Å². The Kier molecular flexibility index (Phi) is 7.84. The van der Waals surface area contributed by atoms with Gasteiger partial charge in [-0.15, -0.1) is 0 Å². The van der Waals surface area contributed by atoms with Crippen molar-refractivity contribution in [1.82, 2.24) is 5.43 Å². The van der Waals surface area contributed by atoms with Crippen molar-refractivity contribution in [2.45, 2.75) is 19.8 Å². The SMILES string of the molecule is CCOc1ccc(NC(=O)CCC(=O)N/N=C/c2cccc(OC)c2)cc1. The van der Waals surface area contributed by atoms with Crippen molar-refractivity contribution in [3.63, 3.8) is 0 Å². The summed E-state index contributed by atoms with van der Waals surface area (Å²) in [6.07, 6.45) is 1.62. The van der Waals surface area contributed by atoms with Crippen molar-refractivity contribution in [2.24, 2.45) is 5.10 Å². The average molecular weight is 369 g/mol. The van der Waals surface area contributed by atoms with Gasteiger partial charge in [-0.3, -0.25) is 9.59 Å². The molecule has 7 nitrogen and oxygen atoms in total. The summed E-state index contributed by atoms with van der Waals surface area (Å²) in [6.45, 7) is 2.49. The Morgan fingerprint density at radius 2 is 1.78 bits per heavy atom. The van der Waals surface area contributed by atoms with Crippen LogP contribution in [0.3, 0.4) is 0 Å². The Morgan fingerprint density at radius 3 is 2.48 bits per heavy atom. The molecule has 0 heterocycles. The number of hydrogen-bond acceptors (Lipinski definition) is 5. The fourth-order valence-corrected chi connectivity index (χ4v) is 2.21. The first-order chi connectivity index (χ1) is 13.1. The molecule has 0 fully saturated rings. The number of amides is 2. The molecule has 27 heavy (non-hydrogen) atoms. The number of carbonyl (C=O) groups is 2. The monoisotopic (exact) mass is 369 g/mol. The van der Waals surface area contributed by atoms with Crippen molar-refractivity contribution < 1.29 is 19.1 Å². The number of ether oxygens (including phenoxy) is 2. The molecule has 0 atom stereocenters. The van der Waals surface area contributed by atoms with E-state index in [-0.39, 0.29) is 24.7 Å². The minimum Gasteiger partial charge on any atom is -0.497 e. The standard InChI is InChI=1S/C20H23N3O4/c1-3-27-17-9-7-16(8-10-17)22-19(24)11-12-20(25)23-21-14-15-5-4-6-18(13-15)26-2/h4-10,13-14H,3,11-12H2,1-2H3,(H,22,24)(H,23,25)/b21-14+. The zero-order valence-electron chi connectivity index (χ0n) is 15.4. The van der Waals surface area contributed by atoms with Gasteiger partial charge in [0.15, 0.2) is 0 Å². The second-order valence-corrected chi connectivity index (χ2v) is 5.58. The minimum absolute atomic E-state index is 0.0400. The first-order valence-electron chi connectivity index (χ1n) is 8.59. The number of methoxy groups -OCH3 is 1. The van der Waals surface area contributed by atoms with E-state index in [0.717, 1.165) is 11.3 Å². The highest BCUT2D eigenvalue weighted by Crippen LogP contribution is 2.16. The maximum Gasteiger partial charge on any atom is 0.240 e. The van der Waals surface area contributed by atoms with E-state index in [0.29, 0.717) is 18.0 Å². The Morgan fingerprint density at radius 1 is 1.04 bits per heavy atom. The molecule has 0 unspecified atom stereocenters. The lowest BCUT2D eigenvalue weighted by Gasteiger charge is -2.07. The fraction of sp³-hybridized carbons (Fsp3) is 0.250. The van der Waals surface area contributed by atoms with E-state index < -0.39 is 0 Å². The molecule has 2 amide bonds. The third kappa shape index (κ3) is 7.19. The van der Waals surface area contributed by atoms with Crippen molar-refractivity contribution in [1.29, 1.82) is 0 Å². The molecule has 2 rings (SSSR count). The molecule has 0 aliphatic rings. The Balaban J connectivity index is 1.72. The van der Waals surface area contributed by atoms with Gasteiger partial charge in [0.1, 0.15) is 11.5 Å². The van der Waals surface area contributed by atoms with Crippen LogP contribution in [0.4, 0.5) is 5.69 Å². The predicted octanol–water partition coefficient (Wildman–Crippen LogP) is 2.96. The third-order valence-corrected chi connectivity index (χ3v) is 3.52. The zero-order chi connectivity index (χ0) is 19.5. The topological polar surface area (TPSA) is 89.0 Å². The molecule has 7 heteroatoms. The summed E-state index contributed by atoms with van der Waals surface area (Å²) in [4.78, 5) is 23.7. The molecule has 2 N–H and O–H groups in total. The van der Waals surface area contributed by atoms with Gasteiger partial charge in [-0.1, -0.05) is 12.1 Å². The van der Waals surface area contributed by atoms with Crippen LogP contribution < -0.4 is 20.2 Å². The van der Waals surface area contributed by atoms with Crippen LogP contribution in [0.5, 0.6) is 11.5 Å². The molecule has 0 aliphatic heterocycles. The highest BCUT2D eigenvalue weighted by atomic mass is 16.5. The molecule has 0 bridgehead atoms. The molecule has 142 valence electrons. The largest absolute Gasteiger partial charge is 0.497 e. The van der Waals surface area contributed by atoms with Crippen molar-refractivity contribution >= 4 is 23.7 Å². The zero-order valence-corrected chi connectivity index (χ0v) is 15.4. The van der Waals surface area contributed by atoms with Gasteiger partial charge in [0, 0.05) is 18.5 Å². The summed E-state index contributed by atoms with van der Waals surface area (Å²) < 4.78 is 10.5. The van der Waals surface area contributed by atoms with Crippen molar-refractivity contribution in [2.75, 3.05) is 19.0 Å². The van der Waals surface area contributed by atoms with Gasteiger partial charge in [-0.2, -0.15) is 5.10 Å². The number of carbonyl (C=O) groups excluding carboxylic acids is 2. The van der Waals surface area contributed by atoms with Gasteiger partial charge < -0.3 is 14.8 Å². The second-order valence-electron chi connectivity index (χ2n) is 5.58. The second kappa shape index (κ2) is 10.6. The average Bonchev–Trinajstić information content (AvgIpc) is 2.68. The minimum atomic E-state index is -0.337. The normalized spacial score (nSPS) is 10.4. The van der Waals surface area contributed by atoms with Gasteiger partial charge in [0.05, 0.1) is 19.9 Å². The van der Waals surface area contributed by atoms with Crippen LogP contribution in [0, 0.1) is 0 Å². The van der Waals surface area contributed by atoms with Gasteiger partial charge in [-0.05, 0) is 48.9 Å². The Labute approximate surface area is 158 Å². The first kappa shape index (κ1) is 20.0. The number of anilines is 1. The number of nitrogens with one attached hydrogen (secondary N) is 2. The summed E-state index contributed by atoms with van der Waals surface area (Å²) in [5.74, 6) is 0.863. The molecule has 0 spiro atoms. The number of nitrogens with zero attached hydrogens (tertiary/aromatic N) is 1. The summed E-state index contributed by atoms with van der Waals surface area (Å²) in [5.41, 5.74) is 3.85. The van der Waals surface area contributed by atoms with Crippen LogP contribution in [0.1, 0.15) is 25.3 Å². The van der Waals surface area contributed by atoms with Crippen LogP contribution in [-0.4, -0.2) is 31.7 Å². The number of benzene rings is 2. The quantitative estimate of drug-likeness (QED) is 0.525. The lowest BCUT2D eigenvalue weighted by atomic mass is 10.2. The molecule has 0 saturated heterocycles. The number of hydrazone groups is 1. The first-order valence-corrected chi connectivity index (χ1v) is 8.59. The molecule has 0 aliphatic carbocycles. The van der Waals surface area contributed by atoms with E-state index >= 15 is 0 Å². The van der Waals surface area contributed by atoms with E-state index in [4.69, 9.17) is 9.47 Å². The van der Waals surface area contributed by atoms with Crippen LogP contribution >= 0.6 is 0 Å². The molecule has 2 aromatic carbocycles. The number of rotatable bonds is 9. The third-order valence-electron chi connectivity index (χ3n) is 3.52. The fourth-order valence-electron chi connectivity index (χ4n) is 2.21. The predicted molar refractivity (Wildman–Crippen MR) is 104 cm³/mol. The summed E-state index contributed by atoms with van der Waals surface area (Å²) in [7, 11) is 1.58. The number of hydrogen-bond donors (Lipinski definition) is 2. The maximum atomic E-state index is 11.9. The van der Waals surface area contributed by atoms with Crippen LogP contribution in [0.25, 0.3) is 0 Å². The lowest BCUT2D eigenvalue weighted by Crippen LogP contribution is -2.20. The van der Waals surface area contributed by atoms with Gasteiger partial charge >= 0.3 is 0 Å². The highest BCUT2D eigenvalue weighted by Gasteiger charge is 2.07. The Bertz CT molecular complexity index is 788. The summed E-state index contributed by atoms with van der Waals surface area (Å²) in [6, 6.07) is 14.3. The van der Waals surface area contributed by atoms with Crippen molar-refractivity contribution in [3.8, 4) is 11.5 Å². The van der Waals surface area contributed by atoms with E-state index in [9.17, 15) is 9.59 Å². The van der Waals surface area contributed by atoms with E-state index in [1.807, 2.05) is 25.1 Å². The van der Waals surface area contributed by atoms with Crippen LogP contribution in [0.2, 0.25) is 0 Å². The Hall–Kier alpha value is -3.35. The smallest absolute Gasteiger partial charge is 0.240 e. The van der Waals surface area contributed by atoms with Gasteiger partial charge in [0.2, 0.25) is 11.8 Å². The molecular formula is C20H23N3O4. The van der Waals surface area contributed by atoms with Gasteiger partial charge in [0.25, 0.3) is 0 Å². The summed E-state index contributed by atoms with van der Waals surface area (Å²) >= 11 is 0. The molecule has 0 saturated carbocycles. The van der Waals surface area contributed by atoms with E-state index in [1.54, 1.807) is 37.4 Å². The molecule has 2 aromatic rings. The van der Waals surface area contributed by atoms with Crippen LogP contribution in [-0.2, 0) is 9.59 Å². The molecule has 0 radical (unpaired) electrons. The molecular weight excluding hydrogens is 346 g/mol. The molecule has 0 aromatic heterocycles. The lowest BCUT2D eigenvalue weighted by molar-refractivity contribution is -0.124. The van der Waals surface area contributed by atoms with Crippen molar-refractivity contribution in [3.05, 3.63) is 54.1 Å².